The van der Waals surface area contributed by atoms with E-state index >= 15 is 0 Å². The first kappa shape index (κ1) is 18.4. The second-order valence-corrected chi connectivity index (χ2v) is 6.39. The molecular formula is C18H27N3O3. The van der Waals surface area contributed by atoms with Crippen LogP contribution in [-0.4, -0.2) is 54.1 Å². The SMILES string of the molecule is Cc1ccc(C)c(NC(=O)CN(CCC(=O)NCCO)C2CC2)c1. The standard InChI is InChI=1S/C18H27N3O3/c1-13-3-4-14(2)16(11-13)20-18(24)12-21(15-5-6-15)9-7-17(23)19-8-10-22/h3-4,11,15,22H,5-10,12H2,1-2H3,(H,19,23)(H,20,24). The van der Waals surface area contributed by atoms with E-state index in [1.165, 1.54) is 0 Å². The molecule has 132 valence electrons. The summed E-state index contributed by atoms with van der Waals surface area (Å²) in [5, 5.41) is 14.3. The predicted octanol–water partition coefficient (Wildman–Crippen LogP) is 1.20. The summed E-state index contributed by atoms with van der Waals surface area (Å²) in [5.41, 5.74) is 2.99. The number of carbonyl (C=O) groups is 2. The minimum atomic E-state index is -0.0929. The molecule has 0 heterocycles. The Balaban J connectivity index is 1.85. The molecule has 1 saturated carbocycles. The lowest BCUT2D eigenvalue weighted by atomic mass is 10.1. The van der Waals surface area contributed by atoms with E-state index in [0.29, 0.717) is 25.6 Å². The molecule has 1 fully saturated rings. The van der Waals surface area contributed by atoms with Gasteiger partial charge in [0.15, 0.2) is 0 Å². The van der Waals surface area contributed by atoms with Gasteiger partial charge in [0.25, 0.3) is 0 Å². The zero-order chi connectivity index (χ0) is 17.5. The highest BCUT2D eigenvalue weighted by molar-refractivity contribution is 5.93. The number of nitrogens with zero attached hydrogens (tertiary/aromatic N) is 1. The van der Waals surface area contributed by atoms with Gasteiger partial charge >= 0.3 is 0 Å². The normalized spacial score (nSPS) is 13.8. The maximum absolute atomic E-state index is 12.3. The van der Waals surface area contributed by atoms with E-state index in [4.69, 9.17) is 5.11 Å². The molecule has 0 aromatic heterocycles. The van der Waals surface area contributed by atoms with Gasteiger partial charge in [-0.3, -0.25) is 14.5 Å². The van der Waals surface area contributed by atoms with Crippen molar-refractivity contribution in [1.29, 1.82) is 0 Å². The molecule has 6 heteroatoms. The van der Waals surface area contributed by atoms with Crippen molar-refractivity contribution in [3.05, 3.63) is 29.3 Å². The Morgan fingerprint density at radius 2 is 2.00 bits per heavy atom. The maximum Gasteiger partial charge on any atom is 0.238 e. The van der Waals surface area contributed by atoms with E-state index in [1.807, 2.05) is 32.0 Å². The first-order valence-electron chi connectivity index (χ1n) is 8.48. The molecule has 1 aromatic carbocycles. The number of amides is 2. The first-order chi connectivity index (χ1) is 11.5. The van der Waals surface area contributed by atoms with E-state index in [0.717, 1.165) is 29.7 Å². The van der Waals surface area contributed by atoms with E-state index in [1.54, 1.807) is 0 Å². The molecule has 0 spiro atoms. The smallest absolute Gasteiger partial charge is 0.238 e. The molecule has 0 atom stereocenters. The summed E-state index contributed by atoms with van der Waals surface area (Å²) >= 11 is 0. The molecule has 1 aliphatic rings. The zero-order valence-corrected chi connectivity index (χ0v) is 14.5. The monoisotopic (exact) mass is 333 g/mol. The Kier molecular flexibility index (Phi) is 6.75. The number of carbonyl (C=O) groups excluding carboxylic acids is 2. The summed E-state index contributed by atoms with van der Waals surface area (Å²) in [6, 6.07) is 6.39. The average molecular weight is 333 g/mol. The Hall–Kier alpha value is -1.92. The van der Waals surface area contributed by atoms with Crippen molar-refractivity contribution < 1.29 is 14.7 Å². The van der Waals surface area contributed by atoms with Crippen molar-refractivity contribution in [3.8, 4) is 0 Å². The van der Waals surface area contributed by atoms with Crippen LogP contribution in [0.3, 0.4) is 0 Å². The van der Waals surface area contributed by atoms with Gasteiger partial charge in [0.1, 0.15) is 0 Å². The van der Waals surface area contributed by atoms with Crippen LogP contribution in [0, 0.1) is 13.8 Å². The van der Waals surface area contributed by atoms with Crippen LogP contribution in [0.15, 0.2) is 18.2 Å². The third-order valence-electron chi connectivity index (χ3n) is 4.14. The van der Waals surface area contributed by atoms with Crippen LogP contribution in [0.2, 0.25) is 0 Å². The van der Waals surface area contributed by atoms with Gasteiger partial charge < -0.3 is 15.7 Å². The molecule has 0 aliphatic heterocycles. The second-order valence-electron chi connectivity index (χ2n) is 6.39. The van der Waals surface area contributed by atoms with Gasteiger partial charge in [0.05, 0.1) is 13.2 Å². The number of hydrogen-bond donors (Lipinski definition) is 3. The van der Waals surface area contributed by atoms with Gasteiger partial charge in [-0.15, -0.1) is 0 Å². The highest BCUT2D eigenvalue weighted by atomic mass is 16.3. The van der Waals surface area contributed by atoms with Crippen LogP contribution in [-0.2, 0) is 9.59 Å². The highest BCUT2D eigenvalue weighted by Crippen LogP contribution is 2.27. The van der Waals surface area contributed by atoms with Gasteiger partial charge in [0.2, 0.25) is 11.8 Å². The molecule has 2 amide bonds. The fraction of sp³-hybridized carbons (Fsp3) is 0.556. The molecule has 6 nitrogen and oxygen atoms in total. The summed E-state index contributed by atoms with van der Waals surface area (Å²) in [4.78, 5) is 26.1. The third-order valence-corrected chi connectivity index (χ3v) is 4.14. The number of aryl methyl sites for hydroxylation is 2. The van der Waals surface area contributed by atoms with Gasteiger partial charge in [-0.25, -0.2) is 0 Å². The third kappa shape index (κ3) is 5.94. The second kappa shape index (κ2) is 8.80. The van der Waals surface area contributed by atoms with Crippen LogP contribution in [0.1, 0.15) is 30.4 Å². The van der Waals surface area contributed by atoms with E-state index in [9.17, 15) is 9.59 Å². The van der Waals surface area contributed by atoms with Crippen LogP contribution in [0.5, 0.6) is 0 Å². The van der Waals surface area contributed by atoms with Gasteiger partial charge in [-0.2, -0.15) is 0 Å². The van der Waals surface area contributed by atoms with E-state index in [-0.39, 0.29) is 25.0 Å². The van der Waals surface area contributed by atoms with Crippen LogP contribution < -0.4 is 10.6 Å². The Bertz CT molecular complexity index is 585. The Morgan fingerprint density at radius 3 is 2.67 bits per heavy atom. The highest BCUT2D eigenvalue weighted by Gasteiger charge is 2.30. The summed E-state index contributed by atoms with van der Waals surface area (Å²) in [6.07, 6.45) is 2.50. The summed E-state index contributed by atoms with van der Waals surface area (Å²) in [5.74, 6) is -0.143. The van der Waals surface area contributed by atoms with E-state index in [2.05, 4.69) is 15.5 Å². The lowest BCUT2D eigenvalue weighted by Crippen LogP contribution is -2.38. The molecule has 0 radical (unpaired) electrons. The predicted molar refractivity (Wildman–Crippen MR) is 93.9 cm³/mol. The summed E-state index contributed by atoms with van der Waals surface area (Å²) in [6.45, 7) is 5.04. The molecule has 0 saturated heterocycles. The number of anilines is 1. The first-order valence-corrected chi connectivity index (χ1v) is 8.48. The van der Waals surface area contributed by atoms with Crippen LogP contribution in [0.4, 0.5) is 5.69 Å². The Labute approximate surface area is 143 Å². The van der Waals surface area contributed by atoms with Gasteiger partial charge in [-0.1, -0.05) is 12.1 Å². The number of aliphatic hydroxyl groups excluding tert-OH is 1. The van der Waals surface area contributed by atoms with Crippen molar-refractivity contribution in [1.82, 2.24) is 10.2 Å². The minimum Gasteiger partial charge on any atom is -0.395 e. The number of rotatable bonds is 9. The average Bonchev–Trinajstić information content (AvgIpc) is 3.37. The lowest BCUT2D eigenvalue weighted by molar-refractivity contribution is -0.122. The summed E-state index contributed by atoms with van der Waals surface area (Å²) < 4.78 is 0. The molecule has 0 unspecified atom stereocenters. The number of hydrogen-bond acceptors (Lipinski definition) is 4. The topological polar surface area (TPSA) is 81.7 Å². The maximum atomic E-state index is 12.3. The quantitative estimate of drug-likeness (QED) is 0.634. The summed E-state index contributed by atoms with van der Waals surface area (Å²) in [7, 11) is 0. The number of aliphatic hydroxyl groups is 1. The largest absolute Gasteiger partial charge is 0.395 e. The van der Waals surface area contributed by atoms with Gasteiger partial charge in [0, 0.05) is 31.2 Å². The van der Waals surface area contributed by atoms with Crippen molar-refractivity contribution >= 4 is 17.5 Å². The zero-order valence-electron chi connectivity index (χ0n) is 14.5. The van der Waals surface area contributed by atoms with Gasteiger partial charge in [-0.05, 0) is 43.9 Å². The molecule has 24 heavy (non-hydrogen) atoms. The molecule has 0 bridgehead atoms. The van der Waals surface area contributed by atoms with E-state index < -0.39 is 0 Å². The molecule has 2 rings (SSSR count). The molecule has 1 aromatic rings. The minimum absolute atomic E-state index is 0.0497. The van der Waals surface area contributed by atoms with Crippen molar-refractivity contribution in [2.45, 2.75) is 39.2 Å². The fourth-order valence-electron chi connectivity index (χ4n) is 2.60. The van der Waals surface area contributed by atoms with Crippen molar-refractivity contribution in [3.63, 3.8) is 0 Å². The molecule has 3 N–H and O–H groups in total. The van der Waals surface area contributed by atoms with Crippen molar-refractivity contribution in [2.75, 3.05) is 31.6 Å². The molecule has 1 aliphatic carbocycles. The number of benzene rings is 1. The molecular weight excluding hydrogens is 306 g/mol. The number of nitrogens with one attached hydrogen (secondary N) is 2. The van der Waals surface area contributed by atoms with Crippen LogP contribution >= 0.6 is 0 Å². The van der Waals surface area contributed by atoms with Crippen molar-refractivity contribution in [2.24, 2.45) is 0 Å². The fourth-order valence-corrected chi connectivity index (χ4v) is 2.60. The lowest BCUT2D eigenvalue weighted by Gasteiger charge is -2.21. The Morgan fingerprint density at radius 1 is 1.25 bits per heavy atom. The van der Waals surface area contributed by atoms with Crippen LogP contribution in [0.25, 0.3) is 0 Å².